The maximum atomic E-state index is 12.6. The molecule has 0 saturated heterocycles. The van der Waals surface area contributed by atoms with Crippen LogP contribution in [0.5, 0.6) is 0 Å². The predicted octanol–water partition coefficient (Wildman–Crippen LogP) is 4.68. The van der Waals surface area contributed by atoms with Gasteiger partial charge in [0.05, 0.1) is 6.04 Å². The summed E-state index contributed by atoms with van der Waals surface area (Å²) >= 11 is 6.10. The number of benzene rings is 1. The van der Waals surface area contributed by atoms with Crippen LogP contribution in [0.1, 0.15) is 45.3 Å². The Balaban J connectivity index is 1.74. The normalized spacial score (nSPS) is 13.6. The summed E-state index contributed by atoms with van der Waals surface area (Å²) in [6.07, 6.45) is 1.69. The number of halogens is 1. The number of aromatic amines is 1. The molecule has 2 N–H and O–H groups in total. The Hall–Kier alpha value is -3.19. The van der Waals surface area contributed by atoms with Crippen LogP contribution in [0.25, 0.3) is 21.9 Å². The van der Waals surface area contributed by atoms with Crippen molar-refractivity contribution in [3.63, 3.8) is 0 Å². The molecule has 2 atom stereocenters. The van der Waals surface area contributed by atoms with E-state index in [9.17, 15) is 9.59 Å². The van der Waals surface area contributed by atoms with Crippen LogP contribution in [0.3, 0.4) is 0 Å². The van der Waals surface area contributed by atoms with Crippen LogP contribution in [0.15, 0.2) is 52.2 Å². The first-order valence-corrected chi connectivity index (χ1v) is 10.6. The number of H-pyrrole nitrogens is 1. The van der Waals surface area contributed by atoms with Gasteiger partial charge in [-0.3, -0.25) is 14.2 Å². The summed E-state index contributed by atoms with van der Waals surface area (Å²) in [5.74, 6) is 0.609. The first-order chi connectivity index (χ1) is 14.7. The molecule has 160 valence electrons. The fraction of sp³-hybridized carbons (Fsp3) is 0.304. The summed E-state index contributed by atoms with van der Waals surface area (Å²) in [5.41, 5.74) is 1.53. The van der Waals surface area contributed by atoms with Gasteiger partial charge in [-0.15, -0.1) is 0 Å². The Bertz CT molecular complexity index is 1390. The van der Waals surface area contributed by atoms with E-state index < -0.39 is 0 Å². The summed E-state index contributed by atoms with van der Waals surface area (Å²) in [5, 5.41) is 5.42. The molecule has 1 aromatic carbocycles. The molecule has 0 aliphatic rings. The molecule has 0 amide bonds. The zero-order valence-electron chi connectivity index (χ0n) is 17.8. The minimum absolute atomic E-state index is 0.0237. The van der Waals surface area contributed by atoms with E-state index >= 15 is 0 Å². The lowest BCUT2D eigenvalue weighted by Crippen LogP contribution is -2.26. The molecule has 0 spiro atoms. The van der Waals surface area contributed by atoms with Crippen molar-refractivity contribution in [3.05, 3.63) is 73.9 Å². The molecule has 4 aromatic rings. The van der Waals surface area contributed by atoms with Crippen molar-refractivity contribution in [3.8, 4) is 0 Å². The first-order valence-electron chi connectivity index (χ1n) is 10.2. The lowest BCUT2D eigenvalue weighted by atomic mass is 10.1. The van der Waals surface area contributed by atoms with Crippen LogP contribution in [-0.2, 0) is 0 Å². The number of rotatable bonds is 5. The van der Waals surface area contributed by atoms with Gasteiger partial charge in [0.2, 0.25) is 5.95 Å². The molecule has 0 saturated carbocycles. The summed E-state index contributed by atoms with van der Waals surface area (Å²) in [4.78, 5) is 37.1. The van der Waals surface area contributed by atoms with Gasteiger partial charge in [-0.1, -0.05) is 25.4 Å². The average molecular weight is 438 g/mol. The summed E-state index contributed by atoms with van der Waals surface area (Å²) < 4.78 is 1.70. The second-order valence-electron chi connectivity index (χ2n) is 8.15. The lowest BCUT2D eigenvalue weighted by molar-refractivity contribution is 0.407. The highest BCUT2D eigenvalue weighted by atomic mass is 35.5. The van der Waals surface area contributed by atoms with Crippen molar-refractivity contribution < 1.29 is 0 Å². The maximum absolute atomic E-state index is 12.6. The van der Waals surface area contributed by atoms with E-state index in [1.807, 2.05) is 26.0 Å². The fourth-order valence-corrected chi connectivity index (χ4v) is 3.77. The van der Waals surface area contributed by atoms with Crippen molar-refractivity contribution in [2.75, 3.05) is 5.32 Å². The Morgan fingerprint density at radius 3 is 2.55 bits per heavy atom. The maximum Gasteiger partial charge on any atom is 0.253 e. The van der Waals surface area contributed by atoms with E-state index in [4.69, 9.17) is 11.6 Å². The lowest BCUT2D eigenvalue weighted by Gasteiger charge is -2.21. The second-order valence-corrected chi connectivity index (χ2v) is 8.59. The summed E-state index contributed by atoms with van der Waals surface area (Å²) in [7, 11) is 0. The standard InChI is InChI=1S/C23H24ClN5O2/c1-12(2)14(4)29-20(30)8-5-15-11-25-23(28-21(15)29)26-13(3)18-10-16-9-17(24)6-7-19(16)27-22(18)31/h5-14H,1-4H3,(H,27,31)(H,25,26,28)/t13-,14-/m0/s1. The third-order valence-corrected chi connectivity index (χ3v) is 5.92. The van der Waals surface area contributed by atoms with Gasteiger partial charge >= 0.3 is 0 Å². The van der Waals surface area contributed by atoms with Gasteiger partial charge in [-0.2, -0.15) is 4.98 Å². The summed E-state index contributed by atoms with van der Waals surface area (Å²) in [6, 6.07) is 10.0. The zero-order valence-corrected chi connectivity index (χ0v) is 18.6. The number of nitrogens with one attached hydrogen (secondary N) is 2. The Kier molecular flexibility index (Phi) is 5.54. The van der Waals surface area contributed by atoms with Crippen molar-refractivity contribution in [1.29, 1.82) is 0 Å². The fourth-order valence-electron chi connectivity index (χ4n) is 3.59. The number of fused-ring (bicyclic) bond motifs is 2. The highest BCUT2D eigenvalue weighted by Gasteiger charge is 2.17. The van der Waals surface area contributed by atoms with Crippen molar-refractivity contribution in [2.45, 2.75) is 39.8 Å². The molecule has 0 fully saturated rings. The van der Waals surface area contributed by atoms with Crippen LogP contribution in [0.4, 0.5) is 5.95 Å². The van der Waals surface area contributed by atoms with Gasteiger partial charge in [0.25, 0.3) is 11.1 Å². The van der Waals surface area contributed by atoms with Gasteiger partial charge in [0.15, 0.2) is 0 Å². The monoisotopic (exact) mass is 437 g/mol. The number of hydrogen-bond donors (Lipinski definition) is 2. The number of aromatic nitrogens is 4. The molecule has 4 rings (SSSR count). The van der Waals surface area contributed by atoms with Crippen LogP contribution in [0.2, 0.25) is 5.02 Å². The SMILES string of the molecule is CC(C)[C@H](C)n1c(=O)ccc2cnc(N[C@@H](C)c3cc4cc(Cl)ccc4[nH]c3=O)nc21. The van der Waals surface area contributed by atoms with Crippen LogP contribution < -0.4 is 16.4 Å². The second kappa shape index (κ2) is 8.15. The van der Waals surface area contributed by atoms with E-state index in [0.29, 0.717) is 22.2 Å². The number of pyridine rings is 2. The van der Waals surface area contributed by atoms with E-state index in [0.717, 1.165) is 16.3 Å². The largest absolute Gasteiger partial charge is 0.347 e. The summed E-state index contributed by atoms with van der Waals surface area (Å²) in [6.45, 7) is 8.00. The molecular weight excluding hydrogens is 414 g/mol. The number of hydrogen-bond acceptors (Lipinski definition) is 5. The molecule has 0 unspecified atom stereocenters. The van der Waals surface area contributed by atoms with Crippen LogP contribution in [0, 0.1) is 5.92 Å². The van der Waals surface area contributed by atoms with Gasteiger partial charge in [-0.25, -0.2) is 4.98 Å². The van der Waals surface area contributed by atoms with Gasteiger partial charge in [0.1, 0.15) is 5.65 Å². The van der Waals surface area contributed by atoms with Gasteiger partial charge in [0, 0.05) is 45.2 Å². The molecule has 3 aromatic heterocycles. The molecule has 31 heavy (non-hydrogen) atoms. The van der Waals surface area contributed by atoms with Gasteiger partial charge in [-0.05, 0) is 50.1 Å². The first kappa shape index (κ1) is 21.1. The highest BCUT2D eigenvalue weighted by molar-refractivity contribution is 6.31. The zero-order chi connectivity index (χ0) is 22.3. The average Bonchev–Trinajstić information content (AvgIpc) is 2.72. The predicted molar refractivity (Wildman–Crippen MR) is 125 cm³/mol. The van der Waals surface area contributed by atoms with E-state index in [2.05, 4.69) is 34.1 Å². The quantitative estimate of drug-likeness (QED) is 0.473. The van der Waals surface area contributed by atoms with Crippen LogP contribution in [-0.4, -0.2) is 19.5 Å². The Labute approximate surface area is 184 Å². The molecule has 0 radical (unpaired) electrons. The van der Waals surface area contributed by atoms with E-state index in [1.54, 1.807) is 35.0 Å². The third-order valence-electron chi connectivity index (χ3n) is 5.69. The highest BCUT2D eigenvalue weighted by Crippen LogP contribution is 2.23. The molecule has 8 heteroatoms. The minimum Gasteiger partial charge on any atom is -0.347 e. The molecular formula is C23H24ClN5O2. The molecule has 7 nitrogen and oxygen atoms in total. The molecule has 0 aliphatic carbocycles. The van der Waals surface area contributed by atoms with Crippen molar-refractivity contribution in [1.82, 2.24) is 19.5 Å². The number of anilines is 1. The van der Waals surface area contributed by atoms with Crippen molar-refractivity contribution >= 4 is 39.5 Å². The van der Waals surface area contributed by atoms with Crippen LogP contribution >= 0.6 is 11.6 Å². The number of nitrogens with zero attached hydrogens (tertiary/aromatic N) is 3. The minimum atomic E-state index is -0.365. The third kappa shape index (κ3) is 4.05. The van der Waals surface area contributed by atoms with Crippen molar-refractivity contribution in [2.24, 2.45) is 5.92 Å². The van der Waals surface area contributed by atoms with E-state index in [1.165, 1.54) is 0 Å². The van der Waals surface area contributed by atoms with E-state index in [-0.39, 0.29) is 29.1 Å². The van der Waals surface area contributed by atoms with Gasteiger partial charge < -0.3 is 10.3 Å². The Morgan fingerprint density at radius 2 is 1.81 bits per heavy atom. The molecule has 0 aliphatic heterocycles. The molecule has 3 heterocycles. The Morgan fingerprint density at radius 1 is 1.03 bits per heavy atom. The smallest absolute Gasteiger partial charge is 0.253 e. The topological polar surface area (TPSA) is 92.7 Å². The molecule has 0 bridgehead atoms.